The van der Waals surface area contributed by atoms with Gasteiger partial charge in [-0.15, -0.1) is 0 Å². The minimum Gasteiger partial charge on any atom is -0.381 e. The molecule has 1 aliphatic rings. The molecule has 7 heteroatoms. The number of nitrogens with one attached hydrogen (secondary N) is 1. The summed E-state index contributed by atoms with van der Waals surface area (Å²) in [6.07, 6.45) is -4.28. The number of carbonyl (C=O) groups excluding carboxylic acids is 1. The summed E-state index contributed by atoms with van der Waals surface area (Å²) >= 11 is 0. The largest absolute Gasteiger partial charge is 0.404 e. The van der Waals surface area contributed by atoms with Gasteiger partial charge in [0.15, 0.2) is 5.41 Å². The third-order valence-corrected chi connectivity index (χ3v) is 4.78. The minimum atomic E-state index is -4.57. The first-order chi connectivity index (χ1) is 12.7. The van der Waals surface area contributed by atoms with Crippen LogP contribution in [-0.2, 0) is 16.1 Å². The maximum Gasteiger partial charge on any atom is 0.404 e. The van der Waals surface area contributed by atoms with Crippen molar-refractivity contribution >= 4 is 5.91 Å². The van der Waals surface area contributed by atoms with Crippen LogP contribution in [0.4, 0.5) is 13.2 Å². The lowest BCUT2D eigenvalue weighted by molar-refractivity contribution is -0.218. The molecule has 1 aromatic rings. The summed E-state index contributed by atoms with van der Waals surface area (Å²) in [5.74, 6) is -0.517. The number of halogens is 3. The van der Waals surface area contributed by atoms with Gasteiger partial charge in [-0.3, -0.25) is 9.69 Å². The zero-order chi connectivity index (χ0) is 19.9. The van der Waals surface area contributed by atoms with Crippen LogP contribution in [0, 0.1) is 11.3 Å². The van der Waals surface area contributed by atoms with E-state index in [1.807, 2.05) is 44.2 Å². The highest BCUT2D eigenvalue weighted by Crippen LogP contribution is 2.46. The van der Waals surface area contributed by atoms with Crippen LogP contribution in [0.15, 0.2) is 30.3 Å². The second kappa shape index (κ2) is 9.55. The smallest absolute Gasteiger partial charge is 0.381 e. The molecule has 0 aliphatic carbocycles. The van der Waals surface area contributed by atoms with E-state index in [1.165, 1.54) is 0 Å². The maximum absolute atomic E-state index is 13.8. The van der Waals surface area contributed by atoms with E-state index in [9.17, 15) is 18.0 Å². The highest BCUT2D eigenvalue weighted by atomic mass is 19.4. The van der Waals surface area contributed by atoms with E-state index in [0.717, 1.165) is 5.56 Å². The Kier molecular flexibility index (Phi) is 7.68. The van der Waals surface area contributed by atoms with Crippen LogP contribution < -0.4 is 5.32 Å². The third kappa shape index (κ3) is 5.94. The van der Waals surface area contributed by atoms with E-state index >= 15 is 0 Å². The lowest BCUT2D eigenvalue weighted by atomic mass is 9.85. The Morgan fingerprint density at radius 3 is 2.63 bits per heavy atom. The second-order valence-electron chi connectivity index (χ2n) is 7.60. The monoisotopic (exact) mass is 386 g/mol. The fourth-order valence-corrected chi connectivity index (χ4v) is 3.28. The van der Waals surface area contributed by atoms with Gasteiger partial charge < -0.3 is 10.1 Å². The number of rotatable bonds is 9. The number of hydrogen-bond donors (Lipinski definition) is 1. The van der Waals surface area contributed by atoms with Gasteiger partial charge in [-0.2, -0.15) is 13.2 Å². The summed E-state index contributed by atoms with van der Waals surface area (Å²) in [5, 5.41) is 2.48. The number of nitrogens with zero attached hydrogens (tertiary/aromatic N) is 1. The zero-order valence-electron chi connectivity index (χ0n) is 16.0. The molecule has 2 rings (SSSR count). The molecule has 1 atom stereocenters. The van der Waals surface area contributed by atoms with Crippen molar-refractivity contribution in [1.29, 1.82) is 0 Å². The van der Waals surface area contributed by atoms with E-state index in [0.29, 0.717) is 32.1 Å². The van der Waals surface area contributed by atoms with E-state index < -0.39 is 17.5 Å². The Labute approximate surface area is 159 Å². The number of alkyl halides is 3. The number of carbonyl (C=O) groups is 1. The van der Waals surface area contributed by atoms with Crippen molar-refractivity contribution in [3.05, 3.63) is 35.9 Å². The molecule has 1 aromatic carbocycles. The molecular weight excluding hydrogens is 357 g/mol. The molecule has 27 heavy (non-hydrogen) atoms. The van der Waals surface area contributed by atoms with Crippen LogP contribution in [0.3, 0.4) is 0 Å². The molecular formula is C20H29F3N2O2. The van der Waals surface area contributed by atoms with Gasteiger partial charge in [-0.05, 0) is 30.9 Å². The maximum atomic E-state index is 13.8. The molecule has 1 fully saturated rings. The summed E-state index contributed by atoms with van der Waals surface area (Å²) in [4.78, 5) is 14.2. The number of benzene rings is 1. The summed E-state index contributed by atoms with van der Waals surface area (Å²) in [5.41, 5.74) is -1.39. The van der Waals surface area contributed by atoms with E-state index in [2.05, 4.69) is 5.32 Å². The molecule has 152 valence electrons. The Hall–Kier alpha value is -1.60. The quantitative estimate of drug-likeness (QED) is 0.659. The highest BCUT2D eigenvalue weighted by Gasteiger charge is 2.62. The van der Waals surface area contributed by atoms with Gasteiger partial charge in [0, 0.05) is 32.8 Å². The molecule has 1 unspecified atom stereocenters. The first-order valence-electron chi connectivity index (χ1n) is 9.43. The van der Waals surface area contributed by atoms with Crippen LogP contribution in [-0.4, -0.2) is 49.8 Å². The molecule has 0 radical (unpaired) electrons. The van der Waals surface area contributed by atoms with Crippen molar-refractivity contribution in [3.8, 4) is 0 Å². The Balaban J connectivity index is 1.90. The van der Waals surface area contributed by atoms with Crippen LogP contribution in [0.5, 0.6) is 0 Å². The Morgan fingerprint density at radius 2 is 2.00 bits per heavy atom. The number of ether oxygens (including phenoxy) is 1. The fourth-order valence-electron chi connectivity index (χ4n) is 3.28. The van der Waals surface area contributed by atoms with Gasteiger partial charge >= 0.3 is 6.18 Å². The van der Waals surface area contributed by atoms with Crippen LogP contribution in [0.25, 0.3) is 0 Å². The van der Waals surface area contributed by atoms with Crippen molar-refractivity contribution in [3.63, 3.8) is 0 Å². The van der Waals surface area contributed by atoms with Gasteiger partial charge in [0.2, 0.25) is 5.91 Å². The van der Waals surface area contributed by atoms with Crippen LogP contribution >= 0.6 is 0 Å². The first kappa shape index (κ1) is 21.7. The van der Waals surface area contributed by atoms with Crippen molar-refractivity contribution in [2.45, 2.75) is 39.4 Å². The van der Waals surface area contributed by atoms with Crippen molar-refractivity contribution in [2.24, 2.45) is 11.3 Å². The molecule has 0 saturated carbocycles. The van der Waals surface area contributed by atoms with Crippen molar-refractivity contribution < 1.29 is 22.7 Å². The first-order valence-corrected chi connectivity index (χ1v) is 9.43. The molecule has 1 N–H and O–H groups in total. The van der Waals surface area contributed by atoms with E-state index in [1.54, 1.807) is 4.90 Å². The standard InChI is InChI=1S/C20H29F3N2O2/c1-16(2)14-27-12-6-10-24-18(26)19(20(21,22)23)9-11-25(15-19)13-17-7-4-3-5-8-17/h3-5,7-8,16H,6,9-15H2,1-2H3,(H,24,26). The molecule has 1 saturated heterocycles. The SMILES string of the molecule is CC(C)COCCCNC(=O)C1(C(F)(F)F)CCN(Cc2ccccc2)C1. The number of hydrogen-bond acceptors (Lipinski definition) is 3. The van der Waals surface area contributed by atoms with Gasteiger partial charge in [-0.25, -0.2) is 0 Å². The van der Waals surface area contributed by atoms with Gasteiger partial charge in [-0.1, -0.05) is 44.2 Å². The summed E-state index contributed by atoms with van der Waals surface area (Å²) in [7, 11) is 0. The molecule has 4 nitrogen and oxygen atoms in total. The van der Waals surface area contributed by atoms with E-state index in [-0.39, 0.29) is 26.1 Å². The third-order valence-electron chi connectivity index (χ3n) is 4.78. The average Bonchev–Trinajstić information content (AvgIpc) is 3.03. The van der Waals surface area contributed by atoms with Crippen LogP contribution in [0.1, 0.15) is 32.3 Å². The average molecular weight is 386 g/mol. The Bertz CT molecular complexity index is 593. The molecule has 0 bridgehead atoms. The predicted octanol–water partition coefficient (Wildman–Crippen LogP) is 3.62. The van der Waals surface area contributed by atoms with E-state index in [4.69, 9.17) is 4.74 Å². The lowest BCUT2D eigenvalue weighted by Crippen LogP contribution is -2.52. The minimum absolute atomic E-state index is 0.188. The highest BCUT2D eigenvalue weighted by molar-refractivity contribution is 5.84. The lowest BCUT2D eigenvalue weighted by Gasteiger charge is -2.30. The van der Waals surface area contributed by atoms with Gasteiger partial charge in [0.05, 0.1) is 0 Å². The Morgan fingerprint density at radius 1 is 1.30 bits per heavy atom. The topological polar surface area (TPSA) is 41.6 Å². The van der Waals surface area contributed by atoms with Crippen molar-refractivity contribution in [1.82, 2.24) is 10.2 Å². The van der Waals surface area contributed by atoms with Crippen molar-refractivity contribution in [2.75, 3.05) is 32.8 Å². The normalized spacial score (nSPS) is 21.0. The molecule has 1 amide bonds. The van der Waals surface area contributed by atoms with Gasteiger partial charge in [0.25, 0.3) is 0 Å². The molecule has 1 aliphatic heterocycles. The second-order valence-corrected chi connectivity index (χ2v) is 7.60. The van der Waals surface area contributed by atoms with Gasteiger partial charge in [0.1, 0.15) is 0 Å². The summed E-state index contributed by atoms with van der Waals surface area (Å²) in [6, 6.07) is 9.34. The zero-order valence-corrected chi connectivity index (χ0v) is 16.0. The number of likely N-dealkylation sites (tertiary alicyclic amines) is 1. The van der Waals surface area contributed by atoms with Crippen LogP contribution in [0.2, 0.25) is 0 Å². The molecule has 1 heterocycles. The summed E-state index contributed by atoms with van der Waals surface area (Å²) < 4.78 is 46.8. The predicted molar refractivity (Wildman–Crippen MR) is 98.1 cm³/mol. The fraction of sp³-hybridized carbons (Fsp3) is 0.650. The summed E-state index contributed by atoms with van der Waals surface area (Å²) in [6.45, 7) is 5.63. The molecule has 0 spiro atoms. The molecule has 0 aromatic heterocycles. The number of amides is 1.